The molecule has 1 saturated carbocycles. The average molecular weight is 334 g/mol. The van der Waals surface area contributed by atoms with E-state index in [0.29, 0.717) is 11.7 Å². The van der Waals surface area contributed by atoms with Crippen molar-refractivity contribution in [1.29, 1.82) is 0 Å². The molecule has 0 radical (unpaired) electrons. The molecule has 0 bridgehead atoms. The third kappa shape index (κ3) is 3.12. The van der Waals surface area contributed by atoms with Crippen LogP contribution in [-0.2, 0) is 4.79 Å². The molecule has 126 valence electrons. The SMILES string of the molecule is Cc1ccc(F)cc1-c1ccc2cc(NC(=O)[C@@H]3CC3C)ncc2c1. The smallest absolute Gasteiger partial charge is 0.228 e. The van der Waals surface area contributed by atoms with Crippen LogP contribution in [0.25, 0.3) is 21.9 Å². The molecule has 0 spiro atoms. The number of rotatable bonds is 3. The van der Waals surface area contributed by atoms with E-state index in [1.807, 2.05) is 31.2 Å². The van der Waals surface area contributed by atoms with E-state index in [2.05, 4.69) is 17.2 Å². The third-order valence-electron chi connectivity index (χ3n) is 4.93. The van der Waals surface area contributed by atoms with Gasteiger partial charge in [-0.15, -0.1) is 0 Å². The van der Waals surface area contributed by atoms with Crippen molar-refractivity contribution in [2.75, 3.05) is 5.32 Å². The fourth-order valence-electron chi connectivity index (χ4n) is 3.19. The lowest BCUT2D eigenvalue weighted by Gasteiger charge is -2.09. The maximum absolute atomic E-state index is 13.6. The van der Waals surface area contributed by atoms with E-state index in [1.54, 1.807) is 18.3 Å². The van der Waals surface area contributed by atoms with E-state index in [4.69, 9.17) is 0 Å². The number of amides is 1. The molecule has 1 aliphatic carbocycles. The zero-order valence-corrected chi connectivity index (χ0v) is 14.2. The molecule has 25 heavy (non-hydrogen) atoms. The van der Waals surface area contributed by atoms with Crippen molar-refractivity contribution >= 4 is 22.5 Å². The number of nitrogens with one attached hydrogen (secondary N) is 1. The van der Waals surface area contributed by atoms with Crippen molar-refractivity contribution < 1.29 is 9.18 Å². The molecule has 1 N–H and O–H groups in total. The fourth-order valence-corrected chi connectivity index (χ4v) is 3.19. The predicted octanol–water partition coefficient (Wildman–Crippen LogP) is 4.94. The highest BCUT2D eigenvalue weighted by atomic mass is 19.1. The summed E-state index contributed by atoms with van der Waals surface area (Å²) in [4.78, 5) is 16.4. The Morgan fingerprint density at radius 3 is 2.72 bits per heavy atom. The second-order valence-corrected chi connectivity index (χ2v) is 6.90. The van der Waals surface area contributed by atoms with Crippen LogP contribution in [0.1, 0.15) is 18.9 Å². The number of hydrogen-bond acceptors (Lipinski definition) is 2. The number of anilines is 1. The van der Waals surface area contributed by atoms with E-state index < -0.39 is 0 Å². The Morgan fingerprint density at radius 2 is 1.96 bits per heavy atom. The quantitative estimate of drug-likeness (QED) is 0.737. The van der Waals surface area contributed by atoms with Crippen LogP contribution in [0.5, 0.6) is 0 Å². The van der Waals surface area contributed by atoms with E-state index in [1.165, 1.54) is 6.07 Å². The predicted molar refractivity (Wildman–Crippen MR) is 97.8 cm³/mol. The first kappa shape index (κ1) is 15.8. The average Bonchev–Trinajstić information content (AvgIpc) is 3.33. The van der Waals surface area contributed by atoms with Crippen molar-refractivity contribution in [2.24, 2.45) is 11.8 Å². The van der Waals surface area contributed by atoms with Crippen molar-refractivity contribution in [2.45, 2.75) is 20.3 Å². The summed E-state index contributed by atoms with van der Waals surface area (Å²) in [5.74, 6) is 0.970. The molecule has 0 aliphatic heterocycles. The minimum atomic E-state index is -0.244. The Bertz CT molecular complexity index is 983. The highest BCUT2D eigenvalue weighted by Gasteiger charge is 2.39. The number of halogens is 1. The summed E-state index contributed by atoms with van der Waals surface area (Å²) in [6.07, 6.45) is 2.70. The van der Waals surface area contributed by atoms with Gasteiger partial charge in [0.15, 0.2) is 0 Å². The number of aryl methyl sites for hydroxylation is 1. The van der Waals surface area contributed by atoms with E-state index in [9.17, 15) is 9.18 Å². The summed E-state index contributed by atoms with van der Waals surface area (Å²) in [7, 11) is 0. The van der Waals surface area contributed by atoms with Crippen molar-refractivity contribution in [3.8, 4) is 11.1 Å². The highest BCUT2D eigenvalue weighted by Crippen LogP contribution is 2.38. The molecule has 1 aromatic heterocycles. The normalized spacial score (nSPS) is 19.0. The Labute approximate surface area is 145 Å². The van der Waals surface area contributed by atoms with Crippen molar-refractivity contribution in [3.63, 3.8) is 0 Å². The van der Waals surface area contributed by atoms with Gasteiger partial charge in [-0.05, 0) is 65.6 Å². The van der Waals surface area contributed by atoms with Gasteiger partial charge >= 0.3 is 0 Å². The number of pyridine rings is 1. The Morgan fingerprint density at radius 1 is 1.16 bits per heavy atom. The number of aromatic nitrogens is 1. The lowest BCUT2D eigenvalue weighted by atomic mass is 9.98. The third-order valence-corrected chi connectivity index (χ3v) is 4.93. The maximum atomic E-state index is 13.6. The Kier molecular flexibility index (Phi) is 3.75. The van der Waals surface area contributed by atoms with Crippen molar-refractivity contribution in [3.05, 3.63) is 60.0 Å². The molecule has 4 rings (SSSR count). The summed E-state index contributed by atoms with van der Waals surface area (Å²) < 4.78 is 13.6. The van der Waals surface area contributed by atoms with Crippen LogP contribution in [0.15, 0.2) is 48.7 Å². The first-order valence-corrected chi connectivity index (χ1v) is 8.48. The molecule has 1 heterocycles. The van der Waals surface area contributed by atoms with Gasteiger partial charge < -0.3 is 5.32 Å². The van der Waals surface area contributed by atoms with Crippen LogP contribution < -0.4 is 5.32 Å². The van der Waals surface area contributed by atoms with Gasteiger partial charge in [0.25, 0.3) is 0 Å². The summed E-state index contributed by atoms with van der Waals surface area (Å²) >= 11 is 0. The van der Waals surface area contributed by atoms with Crippen LogP contribution in [0.2, 0.25) is 0 Å². The second kappa shape index (κ2) is 5.96. The molecule has 4 heteroatoms. The molecule has 2 aromatic carbocycles. The molecular formula is C21H19FN2O. The van der Waals surface area contributed by atoms with E-state index in [-0.39, 0.29) is 17.6 Å². The lowest BCUT2D eigenvalue weighted by molar-refractivity contribution is -0.117. The molecule has 1 unspecified atom stereocenters. The summed E-state index contributed by atoms with van der Waals surface area (Å²) in [6, 6.07) is 12.6. The van der Waals surface area contributed by atoms with Crippen molar-refractivity contribution in [1.82, 2.24) is 4.98 Å². The Hall–Kier alpha value is -2.75. The van der Waals surface area contributed by atoms with Crippen LogP contribution in [-0.4, -0.2) is 10.9 Å². The van der Waals surface area contributed by atoms with Gasteiger partial charge in [-0.1, -0.05) is 25.1 Å². The van der Waals surface area contributed by atoms with Crippen LogP contribution in [0, 0.1) is 24.6 Å². The van der Waals surface area contributed by atoms with Crippen LogP contribution >= 0.6 is 0 Å². The number of hydrogen-bond donors (Lipinski definition) is 1. The number of nitrogens with zero attached hydrogens (tertiary/aromatic N) is 1. The minimum Gasteiger partial charge on any atom is -0.310 e. The molecule has 2 atom stereocenters. The largest absolute Gasteiger partial charge is 0.310 e. The Balaban J connectivity index is 1.64. The zero-order valence-electron chi connectivity index (χ0n) is 14.2. The molecule has 3 aromatic rings. The van der Waals surface area contributed by atoms with Gasteiger partial charge in [0, 0.05) is 17.5 Å². The molecule has 1 aliphatic rings. The van der Waals surface area contributed by atoms with Gasteiger partial charge in [-0.25, -0.2) is 9.37 Å². The van der Waals surface area contributed by atoms with Gasteiger partial charge in [-0.3, -0.25) is 4.79 Å². The van der Waals surface area contributed by atoms with Gasteiger partial charge in [0.1, 0.15) is 11.6 Å². The number of fused-ring (bicyclic) bond motifs is 1. The van der Waals surface area contributed by atoms with Crippen LogP contribution in [0.4, 0.5) is 10.2 Å². The summed E-state index contributed by atoms with van der Waals surface area (Å²) in [6.45, 7) is 4.04. The summed E-state index contributed by atoms with van der Waals surface area (Å²) in [5, 5.41) is 4.84. The van der Waals surface area contributed by atoms with E-state index in [0.717, 1.165) is 33.9 Å². The minimum absolute atomic E-state index is 0.0476. The van der Waals surface area contributed by atoms with Gasteiger partial charge in [0.2, 0.25) is 5.91 Å². The fraction of sp³-hybridized carbons (Fsp3) is 0.238. The molecule has 1 amide bonds. The zero-order chi connectivity index (χ0) is 17.6. The topological polar surface area (TPSA) is 42.0 Å². The van der Waals surface area contributed by atoms with Gasteiger partial charge in [0.05, 0.1) is 0 Å². The van der Waals surface area contributed by atoms with Gasteiger partial charge in [-0.2, -0.15) is 0 Å². The number of benzene rings is 2. The standard InChI is InChI=1S/C21H19FN2O/c1-12-3-6-17(22)10-18(12)15-5-4-14-9-20(23-11-16(14)8-15)24-21(25)19-7-13(19)2/h3-6,8-11,13,19H,7H2,1-2H3,(H,23,24,25)/t13?,19-/m1/s1. The molecule has 3 nitrogen and oxygen atoms in total. The maximum Gasteiger partial charge on any atom is 0.228 e. The highest BCUT2D eigenvalue weighted by molar-refractivity contribution is 5.96. The first-order valence-electron chi connectivity index (χ1n) is 8.48. The molecular weight excluding hydrogens is 315 g/mol. The monoisotopic (exact) mass is 334 g/mol. The molecule has 1 fully saturated rings. The molecule has 0 saturated heterocycles. The lowest BCUT2D eigenvalue weighted by Crippen LogP contribution is -2.15. The first-order chi connectivity index (χ1) is 12.0. The summed E-state index contributed by atoms with van der Waals surface area (Å²) in [5.41, 5.74) is 2.85. The van der Waals surface area contributed by atoms with Crippen LogP contribution in [0.3, 0.4) is 0 Å². The number of carbonyl (C=O) groups is 1. The number of carbonyl (C=O) groups excluding carboxylic acids is 1. The second-order valence-electron chi connectivity index (χ2n) is 6.90. The van der Waals surface area contributed by atoms with E-state index >= 15 is 0 Å².